The summed E-state index contributed by atoms with van der Waals surface area (Å²) in [5, 5.41) is 10.4. The highest BCUT2D eigenvalue weighted by Crippen LogP contribution is 2.57. The molecule has 1 unspecified atom stereocenters. The maximum absolute atomic E-state index is 13.4. The van der Waals surface area contributed by atoms with Gasteiger partial charge in [0.1, 0.15) is 5.82 Å². The van der Waals surface area contributed by atoms with Gasteiger partial charge in [0.2, 0.25) is 0 Å². The normalized spacial score (nSPS) is 22.2. The molecule has 82 valence electrons. The summed E-state index contributed by atoms with van der Waals surface area (Å²) < 4.78 is 13.4. The molecule has 1 aliphatic carbocycles. The van der Waals surface area contributed by atoms with Crippen molar-refractivity contribution in [3.05, 3.63) is 35.1 Å². The molecule has 0 radical (unpaired) electrons. The van der Waals surface area contributed by atoms with E-state index in [1.165, 1.54) is 6.07 Å². The Labute approximate surface area is 89.9 Å². The monoisotopic (exact) mass is 208 g/mol. The van der Waals surface area contributed by atoms with Gasteiger partial charge in [-0.25, -0.2) is 4.39 Å². The second-order valence-corrected chi connectivity index (χ2v) is 5.10. The predicted molar refractivity (Wildman–Crippen MR) is 58.0 cm³/mol. The third kappa shape index (κ3) is 1.57. The largest absolute Gasteiger partial charge is 0.385 e. The molecule has 2 heteroatoms. The van der Waals surface area contributed by atoms with E-state index in [-0.39, 0.29) is 11.2 Å². The van der Waals surface area contributed by atoms with Crippen LogP contribution in [0.15, 0.2) is 18.2 Å². The number of hydrogen-bond acceptors (Lipinski definition) is 1. The highest BCUT2D eigenvalue weighted by Gasteiger charge is 2.53. The summed E-state index contributed by atoms with van der Waals surface area (Å²) in [5.74, 6) is -0.239. The van der Waals surface area contributed by atoms with E-state index < -0.39 is 5.60 Å². The third-order valence-electron chi connectivity index (χ3n) is 3.91. The van der Waals surface area contributed by atoms with E-state index >= 15 is 0 Å². The van der Waals surface area contributed by atoms with Crippen molar-refractivity contribution in [1.29, 1.82) is 0 Å². The summed E-state index contributed by atoms with van der Waals surface area (Å²) >= 11 is 0. The lowest BCUT2D eigenvalue weighted by atomic mass is 9.81. The van der Waals surface area contributed by atoms with Crippen LogP contribution in [0.4, 0.5) is 4.39 Å². The number of aliphatic hydroxyl groups is 1. The summed E-state index contributed by atoms with van der Waals surface area (Å²) in [6.45, 7) is 5.56. The van der Waals surface area contributed by atoms with Crippen LogP contribution >= 0.6 is 0 Å². The molecule has 1 aliphatic rings. The van der Waals surface area contributed by atoms with Crippen LogP contribution in [-0.2, 0) is 5.60 Å². The number of rotatable bonds is 2. The lowest BCUT2D eigenvalue weighted by Gasteiger charge is -2.31. The minimum Gasteiger partial charge on any atom is -0.385 e. The SMILES string of the molecule is Cc1ccc(C(C)(O)C2(C)CC2)cc1F. The molecule has 0 amide bonds. The van der Waals surface area contributed by atoms with Gasteiger partial charge in [-0.3, -0.25) is 0 Å². The van der Waals surface area contributed by atoms with E-state index in [0.717, 1.165) is 12.8 Å². The molecule has 0 spiro atoms. The molecule has 0 aliphatic heterocycles. The lowest BCUT2D eigenvalue weighted by Crippen LogP contribution is -2.31. The van der Waals surface area contributed by atoms with Gasteiger partial charge in [-0.2, -0.15) is 0 Å². The van der Waals surface area contributed by atoms with Crippen molar-refractivity contribution in [3.8, 4) is 0 Å². The van der Waals surface area contributed by atoms with Crippen molar-refractivity contribution in [3.63, 3.8) is 0 Å². The first-order valence-electron chi connectivity index (χ1n) is 5.36. The van der Waals surface area contributed by atoms with Gasteiger partial charge in [0.05, 0.1) is 5.60 Å². The minimum absolute atomic E-state index is 0.0747. The maximum Gasteiger partial charge on any atom is 0.126 e. The van der Waals surface area contributed by atoms with Crippen LogP contribution in [0.1, 0.15) is 37.8 Å². The summed E-state index contributed by atoms with van der Waals surface area (Å²) in [5.41, 5.74) is 0.317. The van der Waals surface area contributed by atoms with Crippen LogP contribution in [0.25, 0.3) is 0 Å². The molecule has 1 fully saturated rings. The van der Waals surface area contributed by atoms with Gasteiger partial charge >= 0.3 is 0 Å². The van der Waals surface area contributed by atoms with Crippen molar-refractivity contribution < 1.29 is 9.50 Å². The zero-order valence-corrected chi connectivity index (χ0v) is 9.47. The minimum atomic E-state index is -0.915. The molecule has 0 saturated heterocycles. The van der Waals surface area contributed by atoms with Crippen LogP contribution < -0.4 is 0 Å². The Morgan fingerprint density at radius 1 is 1.40 bits per heavy atom. The Kier molecular flexibility index (Phi) is 2.16. The summed E-state index contributed by atoms with van der Waals surface area (Å²) in [6, 6.07) is 5.01. The second kappa shape index (κ2) is 3.05. The smallest absolute Gasteiger partial charge is 0.126 e. The molecule has 15 heavy (non-hydrogen) atoms. The zero-order chi connectivity index (χ0) is 11.3. The summed E-state index contributed by atoms with van der Waals surface area (Å²) in [6.07, 6.45) is 2.02. The van der Waals surface area contributed by atoms with Crippen LogP contribution in [-0.4, -0.2) is 5.11 Å². The average Bonchev–Trinajstić information content (AvgIpc) is 2.90. The molecular weight excluding hydrogens is 191 g/mol. The summed E-state index contributed by atoms with van der Waals surface area (Å²) in [7, 11) is 0. The first kappa shape index (κ1) is 10.6. The van der Waals surface area contributed by atoms with E-state index in [1.54, 1.807) is 19.9 Å². The third-order valence-corrected chi connectivity index (χ3v) is 3.91. The molecule has 0 bridgehead atoms. The fourth-order valence-electron chi connectivity index (χ4n) is 1.92. The number of benzene rings is 1. The Morgan fingerprint density at radius 2 is 2.00 bits per heavy atom. The summed E-state index contributed by atoms with van der Waals surface area (Å²) in [4.78, 5) is 0. The number of aryl methyl sites for hydroxylation is 1. The molecule has 1 saturated carbocycles. The van der Waals surface area contributed by atoms with Gasteiger partial charge < -0.3 is 5.11 Å². The first-order valence-corrected chi connectivity index (χ1v) is 5.36. The van der Waals surface area contributed by atoms with Crippen LogP contribution in [0.5, 0.6) is 0 Å². The Hall–Kier alpha value is -0.890. The fraction of sp³-hybridized carbons (Fsp3) is 0.538. The molecule has 0 aromatic heterocycles. The van der Waals surface area contributed by atoms with Crippen LogP contribution in [0.3, 0.4) is 0 Å². The highest BCUT2D eigenvalue weighted by atomic mass is 19.1. The first-order chi connectivity index (χ1) is 6.87. The van der Waals surface area contributed by atoms with Gasteiger partial charge in [0, 0.05) is 5.41 Å². The van der Waals surface area contributed by atoms with E-state index in [4.69, 9.17) is 0 Å². The topological polar surface area (TPSA) is 20.2 Å². The fourth-order valence-corrected chi connectivity index (χ4v) is 1.92. The zero-order valence-electron chi connectivity index (χ0n) is 9.47. The molecule has 1 N–H and O–H groups in total. The van der Waals surface area contributed by atoms with Crippen molar-refractivity contribution in [2.75, 3.05) is 0 Å². The molecule has 1 aromatic carbocycles. The Bertz CT molecular complexity index is 392. The molecule has 0 heterocycles. The standard InChI is InChI=1S/C13H17FO/c1-9-4-5-10(8-11(9)14)13(3,15)12(2)6-7-12/h4-5,8,15H,6-7H2,1-3H3. The van der Waals surface area contributed by atoms with Crippen molar-refractivity contribution in [1.82, 2.24) is 0 Å². The molecule has 1 aromatic rings. The second-order valence-electron chi connectivity index (χ2n) is 5.10. The van der Waals surface area contributed by atoms with Gasteiger partial charge in [-0.15, -0.1) is 0 Å². The molecule has 2 rings (SSSR count). The van der Waals surface area contributed by atoms with E-state index in [1.807, 2.05) is 13.0 Å². The van der Waals surface area contributed by atoms with Crippen LogP contribution in [0.2, 0.25) is 0 Å². The predicted octanol–water partition coefficient (Wildman–Crippen LogP) is 3.14. The number of hydrogen-bond donors (Lipinski definition) is 1. The highest BCUT2D eigenvalue weighted by molar-refractivity contribution is 5.30. The van der Waals surface area contributed by atoms with Crippen molar-refractivity contribution >= 4 is 0 Å². The maximum atomic E-state index is 13.4. The Morgan fingerprint density at radius 3 is 2.47 bits per heavy atom. The van der Waals surface area contributed by atoms with E-state index in [2.05, 4.69) is 0 Å². The average molecular weight is 208 g/mol. The lowest BCUT2D eigenvalue weighted by molar-refractivity contribution is -0.0129. The number of halogens is 1. The molecular formula is C13H17FO. The van der Waals surface area contributed by atoms with Crippen LogP contribution in [0, 0.1) is 18.2 Å². The van der Waals surface area contributed by atoms with Gasteiger partial charge in [0.25, 0.3) is 0 Å². The Balaban J connectivity index is 2.41. The van der Waals surface area contributed by atoms with Crippen molar-refractivity contribution in [2.45, 2.75) is 39.2 Å². The van der Waals surface area contributed by atoms with Gasteiger partial charge in [-0.1, -0.05) is 19.1 Å². The quantitative estimate of drug-likeness (QED) is 0.791. The van der Waals surface area contributed by atoms with E-state index in [0.29, 0.717) is 11.1 Å². The molecule has 1 nitrogen and oxygen atoms in total. The van der Waals surface area contributed by atoms with Gasteiger partial charge in [0.15, 0.2) is 0 Å². The van der Waals surface area contributed by atoms with Gasteiger partial charge in [-0.05, 0) is 43.9 Å². The van der Waals surface area contributed by atoms with Crippen molar-refractivity contribution in [2.24, 2.45) is 5.41 Å². The van der Waals surface area contributed by atoms with E-state index in [9.17, 15) is 9.50 Å². The molecule has 1 atom stereocenters.